The number of nitrogen functional groups attached to an aromatic ring is 2. The topological polar surface area (TPSA) is 67.8 Å². The van der Waals surface area contributed by atoms with E-state index in [9.17, 15) is 0 Å². The van der Waals surface area contributed by atoms with E-state index in [1.54, 1.807) is 13.2 Å². The predicted molar refractivity (Wildman–Crippen MR) is 71.5 cm³/mol. The Bertz CT molecular complexity index is 400. The van der Waals surface area contributed by atoms with Crippen molar-refractivity contribution in [3.63, 3.8) is 0 Å². The Hall–Kier alpha value is -1.62. The van der Waals surface area contributed by atoms with Crippen LogP contribution in [-0.2, 0) is 0 Å². The van der Waals surface area contributed by atoms with Crippen molar-refractivity contribution in [2.45, 2.75) is 0 Å². The number of nitrogens with two attached hydrogens (primary N) is 2. The first-order valence-electron chi connectivity index (χ1n) is 5.78. The molecule has 0 radical (unpaired) electrons. The smallest absolute Gasteiger partial charge is 0.143 e. The van der Waals surface area contributed by atoms with Crippen molar-refractivity contribution in [1.82, 2.24) is 4.90 Å². The third-order valence-corrected chi connectivity index (χ3v) is 3.22. The molecule has 0 spiro atoms. The van der Waals surface area contributed by atoms with E-state index in [4.69, 9.17) is 16.2 Å². The van der Waals surface area contributed by atoms with Crippen LogP contribution < -0.4 is 21.1 Å². The highest BCUT2D eigenvalue weighted by Gasteiger charge is 2.17. The van der Waals surface area contributed by atoms with Gasteiger partial charge in [0.25, 0.3) is 0 Å². The Balaban J connectivity index is 2.25. The highest BCUT2D eigenvalue weighted by atomic mass is 16.5. The number of hydrogen-bond acceptors (Lipinski definition) is 5. The second-order valence-electron chi connectivity index (χ2n) is 4.44. The summed E-state index contributed by atoms with van der Waals surface area (Å²) in [7, 11) is 3.75. The van der Waals surface area contributed by atoms with E-state index < -0.39 is 0 Å². The van der Waals surface area contributed by atoms with E-state index in [2.05, 4.69) is 16.8 Å². The van der Waals surface area contributed by atoms with Gasteiger partial charge in [-0.1, -0.05) is 0 Å². The maximum absolute atomic E-state index is 6.02. The molecule has 0 saturated carbocycles. The molecule has 1 aromatic rings. The SMILES string of the molecule is COc1cc(N2CCN(C)CC2)c(N)cc1N. The zero-order chi connectivity index (χ0) is 12.4. The maximum Gasteiger partial charge on any atom is 0.143 e. The van der Waals surface area contributed by atoms with Gasteiger partial charge in [0, 0.05) is 32.2 Å². The van der Waals surface area contributed by atoms with Crippen LogP contribution in [0.1, 0.15) is 0 Å². The van der Waals surface area contributed by atoms with Crippen molar-refractivity contribution in [2.24, 2.45) is 0 Å². The van der Waals surface area contributed by atoms with Gasteiger partial charge in [-0.2, -0.15) is 0 Å². The van der Waals surface area contributed by atoms with Crippen LogP contribution in [0.5, 0.6) is 5.75 Å². The lowest BCUT2D eigenvalue weighted by Crippen LogP contribution is -2.44. The van der Waals surface area contributed by atoms with E-state index in [-0.39, 0.29) is 0 Å². The average molecular weight is 236 g/mol. The molecule has 0 aromatic heterocycles. The first kappa shape index (κ1) is 11.9. The van der Waals surface area contributed by atoms with E-state index >= 15 is 0 Å². The number of anilines is 3. The van der Waals surface area contributed by atoms with Gasteiger partial charge in [0.05, 0.1) is 24.2 Å². The standard InChI is InChI=1S/C12H20N4O/c1-15-3-5-16(6-4-15)11-8-12(17-2)10(14)7-9(11)13/h7-8H,3-6,13-14H2,1-2H3. The predicted octanol–water partition coefficient (Wildman–Crippen LogP) is 0.611. The molecular weight excluding hydrogens is 216 g/mol. The summed E-state index contributed by atoms with van der Waals surface area (Å²) >= 11 is 0. The number of piperazine rings is 1. The molecule has 0 aliphatic carbocycles. The second kappa shape index (κ2) is 4.71. The molecule has 5 heteroatoms. The van der Waals surface area contributed by atoms with Crippen LogP contribution in [0.15, 0.2) is 12.1 Å². The lowest BCUT2D eigenvalue weighted by molar-refractivity contribution is 0.313. The largest absolute Gasteiger partial charge is 0.495 e. The Morgan fingerprint density at radius 1 is 1.06 bits per heavy atom. The molecule has 0 bridgehead atoms. The summed E-state index contributed by atoms with van der Waals surface area (Å²) in [6.45, 7) is 4.06. The van der Waals surface area contributed by atoms with E-state index in [0.29, 0.717) is 17.1 Å². The third-order valence-electron chi connectivity index (χ3n) is 3.22. The molecule has 94 valence electrons. The fourth-order valence-electron chi connectivity index (χ4n) is 2.10. The first-order valence-corrected chi connectivity index (χ1v) is 5.78. The molecule has 1 saturated heterocycles. The monoisotopic (exact) mass is 236 g/mol. The van der Waals surface area contributed by atoms with Crippen LogP contribution in [-0.4, -0.2) is 45.2 Å². The number of benzene rings is 1. The fourth-order valence-corrected chi connectivity index (χ4v) is 2.10. The van der Waals surface area contributed by atoms with Crippen LogP contribution in [0, 0.1) is 0 Å². The van der Waals surface area contributed by atoms with E-state index in [0.717, 1.165) is 31.9 Å². The average Bonchev–Trinajstić information content (AvgIpc) is 2.31. The highest BCUT2D eigenvalue weighted by Crippen LogP contribution is 2.33. The molecule has 1 fully saturated rings. The Labute approximate surface area is 102 Å². The minimum absolute atomic E-state index is 0.586. The molecule has 1 aromatic carbocycles. The summed E-state index contributed by atoms with van der Waals surface area (Å²) in [5, 5.41) is 0. The molecule has 4 N–H and O–H groups in total. The summed E-state index contributed by atoms with van der Waals surface area (Å²) in [6, 6.07) is 3.70. The van der Waals surface area contributed by atoms with Gasteiger partial charge in [0.2, 0.25) is 0 Å². The number of ether oxygens (including phenoxy) is 1. The molecule has 1 heterocycles. The van der Waals surface area contributed by atoms with Crippen LogP contribution in [0.25, 0.3) is 0 Å². The van der Waals surface area contributed by atoms with Gasteiger partial charge >= 0.3 is 0 Å². The van der Waals surface area contributed by atoms with Crippen LogP contribution >= 0.6 is 0 Å². The highest BCUT2D eigenvalue weighted by molar-refractivity contribution is 5.76. The van der Waals surface area contributed by atoms with Gasteiger partial charge in [0.15, 0.2) is 0 Å². The van der Waals surface area contributed by atoms with Crippen molar-refractivity contribution in [1.29, 1.82) is 0 Å². The summed E-state index contributed by atoms with van der Waals surface area (Å²) in [5.74, 6) is 0.688. The van der Waals surface area contributed by atoms with Crippen molar-refractivity contribution < 1.29 is 4.74 Å². The second-order valence-corrected chi connectivity index (χ2v) is 4.44. The van der Waals surface area contributed by atoms with Crippen molar-refractivity contribution in [3.05, 3.63) is 12.1 Å². The number of nitrogens with zero attached hydrogens (tertiary/aromatic N) is 2. The Morgan fingerprint density at radius 3 is 2.29 bits per heavy atom. The van der Waals surface area contributed by atoms with Gasteiger partial charge < -0.3 is 26.0 Å². The molecule has 0 atom stereocenters. The van der Waals surface area contributed by atoms with Crippen molar-refractivity contribution in [2.75, 3.05) is 56.7 Å². The van der Waals surface area contributed by atoms with Crippen molar-refractivity contribution >= 4 is 17.1 Å². The summed E-state index contributed by atoms with van der Waals surface area (Å²) in [5.41, 5.74) is 14.2. The number of rotatable bonds is 2. The molecule has 0 unspecified atom stereocenters. The Kier molecular flexibility index (Phi) is 3.28. The molecular formula is C12H20N4O. The van der Waals surface area contributed by atoms with Gasteiger partial charge in [-0.15, -0.1) is 0 Å². The normalized spacial score (nSPS) is 17.2. The summed E-state index contributed by atoms with van der Waals surface area (Å²) in [6.07, 6.45) is 0. The Morgan fingerprint density at radius 2 is 1.71 bits per heavy atom. The first-order chi connectivity index (χ1) is 8.11. The van der Waals surface area contributed by atoms with Crippen LogP contribution in [0.2, 0.25) is 0 Å². The number of likely N-dealkylation sites (N-methyl/N-ethyl adjacent to an activating group) is 1. The summed E-state index contributed by atoms with van der Waals surface area (Å²) in [4.78, 5) is 4.58. The van der Waals surface area contributed by atoms with Gasteiger partial charge in [-0.3, -0.25) is 0 Å². The minimum Gasteiger partial charge on any atom is -0.495 e. The number of methoxy groups -OCH3 is 1. The van der Waals surface area contributed by atoms with Gasteiger partial charge in [-0.25, -0.2) is 0 Å². The van der Waals surface area contributed by atoms with E-state index in [1.165, 1.54) is 0 Å². The van der Waals surface area contributed by atoms with E-state index in [1.807, 2.05) is 6.07 Å². The zero-order valence-electron chi connectivity index (χ0n) is 10.4. The van der Waals surface area contributed by atoms with Crippen LogP contribution in [0.4, 0.5) is 17.1 Å². The maximum atomic E-state index is 6.02. The molecule has 1 aliphatic heterocycles. The molecule has 17 heavy (non-hydrogen) atoms. The molecule has 0 amide bonds. The molecule has 1 aliphatic rings. The fraction of sp³-hybridized carbons (Fsp3) is 0.500. The summed E-state index contributed by atoms with van der Waals surface area (Å²) < 4.78 is 5.23. The van der Waals surface area contributed by atoms with Gasteiger partial charge in [-0.05, 0) is 13.1 Å². The van der Waals surface area contributed by atoms with Crippen LogP contribution in [0.3, 0.4) is 0 Å². The molecule has 5 nitrogen and oxygen atoms in total. The quantitative estimate of drug-likeness (QED) is 0.736. The minimum atomic E-state index is 0.586. The number of hydrogen-bond donors (Lipinski definition) is 2. The van der Waals surface area contributed by atoms with Gasteiger partial charge in [0.1, 0.15) is 5.75 Å². The molecule has 2 rings (SSSR count). The zero-order valence-corrected chi connectivity index (χ0v) is 10.4. The lowest BCUT2D eigenvalue weighted by atomic mass is 10.2. The third kappa shape index (κ3) is 2.39. The van der Waals surface area contributed by atoms with Crippen molar-refractivity contribution in [3.8, 4) is 5.75 Å². The lowest BCUT2D eigenvalue weighted by Gasteiger charge is -2.34.